The van der Waals surface area contributed by atoms with Gasteiger partial charge in [0.2, 0.25) is 5.88 Å². The number of nitrogens with two attached hydrogens (primary N) is 1. The summed E-state index contributed by atoms with van der Waals surface area (Å²) in [6.07, 6.45) is 6.14. The summed E-state index contributed by atoms with van der Waals surface area (Å²) >= 11 is 0. The van der Waals surface area contributed by atoms with Gasteiger partial charge in [-0.2, -0.15) is 5.26 Å². The van der Waals surface area contributed by atoms with Crippen molar-refractivity contribution in [2.45, 2.75) is 58.8 Å². The number of allylic oxidation sites excluding steroid dienone is 3. The van der Waals surface area contributed by atoms with E-state index in [9.17, 15) is 10.1 Å². The van der Waals surface area contributed by atoms with E-state index < -0.39 is 5.41 Å². The Kier molecular flexibility index (Phi) is 3.12. The molecule has 1 spiro atoms. The minimum Gasteiger partial charge on any atom is -0.444 e. The molecular formula is C17H22N2O2. The molecule has 21 heavy (non-hydrogen) atoms. The first-order valence-electron chi connectivity index (χ1n) is 7.75. The number of nitriles is 1. The third-order valence-corrected chi connectivity index (χ3v) is 5.09. The van der Waals surface area contributed by atoms with Crippen molar-refractivity contribution in [2.24, 2.45) is 16.6 Å². The van der Waals surface area contributed by atoms with E-state index in [1.807, 2.05) is 0 Å². The van der Waals surface area contributed by atoms with Crippen LogP contribution in [0.5, 0.6) is 0 Å². The highest BCUT2D eigenvalue weighted by Gasteiger charge is 2.51. The second-order valence-corrected chi connectivity index (χ2v) is 7.34. The number of nitrogens with zero attached hydrogens (tertiary/aromatic N) is 1. The molecule has 4 nitrogen and oxygen atoms in total. The zero-order valence-electron chi connectivity index (χ0n) is 12.8. The van der Waals surface area contributed by atoms with Crippen molar-refractivity contribution in [2.75, 3.05) is 0 Å². The van der Waals surface area contributed by atoms with E-state index >= 15 is 0 Å². The fraction of sp³-hybridized carbons (Fsp3) is 0.647. The second-order valence-electron chi connectivity index (χ2n) is 7.34. The van der Waals surface area contributed by atoms with E-state index in [1.54, 1.807) is 0 Å². The molecule has 0 atom stereocenters. The average Bonchev–Trinajstić information content (AvgIpc) is 2.37. The molecule has 0 bridgehead atoms. The minimum atomic E-state index is -0.474. The van der Waals surface area contributed by atoms with Crippen LogP contribution in [0.2, 0.25) is 0 Å². The number of rotatable bonds is 0. The number of ether oxygens (including phenoxy) is 1. The SMILES string of the molecule is CC1(C)CC(=O)C2=C(C1)OC(N)=C(C#N)C21CCCCC1. The van der Waals surface area contributed by atoms with Gasteiger partial charge in [-0.3, -0.25) is 4.79 Å². The van der Waals surface area contributed by atoms with Crippen LogP contribution >= 0.6 is 0 Å². The first-order chi connectivity index (χ1) is 9.89. The van der Waals surface area contributed by atoms with Crippen molar-refractivity contribution in [3.05, 3.63) is 22.8 Å². The van der Waals surface area contributed by atoms with Crippen LogP contribution in [0, 0.1) is 22.2 Å². The van der Waals surface area contributed by atoms with Crippen molar-refractivity contribution >= 4 is 5.78 Å². The zero-order chi connectivity index (χ0) is 15.3. The summed E-state index contributed by atoms with van der Waals surface area (Å²) in [5.41, 5.74) is 6.69. The molecule has 2 N–H and O–H groups in total. The summed E-state index contributed by atoms with van der Waals surface area (Å²) in [6, 6.07) is 2.23. The molecule has 0 saturated heterocycles. The molecule has 0 radical (unpaired) electrons. The molecule has 1 heterocycles. The molecular weight excluding hydrogens is 264 g/mol. The lowest BCUT2D eigenvalue weighted by atomic mass is 9.59. The fourth-order valence-corrected chi connectivity index (χ4v) is 4.25. The van der Waals surface area contributed by atoms with Gasteiger partial charge in [-0.25, -0.2) is 0 Å². The van der Waals surface area contributed by atoms with Crippen molar-refractivity contribution in [1.29, 1.82) is 5.26 Å². The average molecular weight is 286 g/mol. The highest BCUT2D eigenvalue weighted by atomic mass is 16.5. The highest BCUT2D eigenvalue weighted by Crippen LogP contribution is 2.56. The quantitative estimate of drug-likeness (QED) is 0.741. The molecule has 2 aliphatic carbocycles. The largest absolute Gasteiger partial charge is 0.444 e. The van der Waals surface area contributed by atoms with Gasteiger partial charge in [-0.15, -0.1) is 0 Å². The fourth-order valence-electron chi connectivity index (χ4n) is 4.25. The van der Waals surface area contributed by atoms with Crippen LogP contribution in [-0.4, -0.2) is 5.78 Å². The highest BCUT2D eigenvalue weighted by molar-refractivity contribution is 5.99. The van der Waals surface area contributed by atoms with Gasteiger partial charge in [-0.1, -0.05) is 33.1 Å². The first kappa shape index (κ1) is 14.2. The standard InChI is InChI=1S/C17H22N2O2/c1-16(2)8-12(20)14-13(9-16)21-15(19)11(10-18)17(14)6-4-3-5-7-17/h3-9,19H2,1-2H3. The molecule has 0 unspecified atom stereocenters. The Morgan fingerprint density at radius 1 is 1.19 bits per heavy atom. The second kappa shape index (κ2) is 4.62. The van der Waals surface area contributed by atoms with Crippen LogP contribution < -0.4 is 5.73 Å². The molecule has 1 fully saturated rings. The Bertz CT molecular complexity index is 599. The smallest absolute Gasteiger partial charge is 0.205 e. The molecule has 0 aromatic carbocycles. The van der Waals surface area contributed by atoms with E-state index in [1.165, 1.54) is 0 Å². The Morgan fingerprint density at radius 2 is 1.86 bits per heavy atom. The molecule has 3 rings (SSSR count). The van der Waals surface area contributed by atoms with Gasteiger partial charge in [0.25, 0.3) is 0 Å². The molecule has 0 aromatic heterocycles. The summed E-state index contributed by atoms with van der Waals surface area (Å²) in [5.74, 6) is 1.07. The Balaban J connectivity index is 2.16. The number of Topliss-reactive ketones (excluding diaryl/α,β-unsaturated/α-hetero) is 1. The van der Waals surface area contributed by atoms with Gasteiger partial charge in [0.05, 0.1) is 0 Å². The summed E-state index contributed by atoms with van der Waals surface area (Å²) in [7, 11) is 0. The molecule has 112 valence electrons. The van der Waals surface area contributed by atoms with Crippen molar-refractivity contribution < 1.29 is 9.53 Å². The van der Waals surface area contributed by atoms with Crippen LogP contribution in [0.25, 0.3) is 0 Å². The van der Waals surface area contributed by atoms with Crippen LogP contribution in [0.4, 0.5) is 0 Å². The number of hydrogen-bond acceptors (Lipinski definition) is 4. The lowest BCUT2D eigenvalue weighted by molar-refractivity contribution is -0.120. The predicted octanol–water partition coefficient (Wildman–Crippen LogP) is 3.30. The maximum atomic E-state index is 12.8. The van der Waals surface area contributed by atoms with E-state index in [-0.39, 0.29) is 17.1 Å². The molecule has 1 aliphatic heterocycles. The van der Waals surface area contributed by atoms with E-state index in [0.717, 1.165) is 49.9 Å². The molecule has 0 amide bonds. The molecule has 0 aromatic rings. The third-order valence-electron chi connectivity index (χ3n) is 5.09. The van der Waals surface area contributed by atoms with Crippen molar-refractivity contribution in [1.82, 2.24) is 0 Å². The van der Waals surface area contributed by atoms with Crippen LogP contribution in [0.15, 0.2) is 22.8 Å². The molecule has 1 saturated carbocycles. The monoisotopic (exact) mass is 286 g/mol. The molecule has 3 aliphatic rings. The van der Waals surface area contributed by atoms with E-state index in [4.69, 9.17) is 10.5 Å². The van der Waals surface area contributed by atoms with Crippen LogP contribution in [0.1, 0.15) is 58.8 Å². The first-order valence-corrected chi connectivity index (χ1v) is 7.75. The summed E-state index contributed by atoms with van der Waals surface area (Å²) in [6.45, 7) is 4.15. The van der Waals surface area contributed by atoms with E-state index in [0.29, 0.717) is 12.0 Å². The number of ketones is 1. The van der Waals surface area contributed by atoms with Gasteiger partial charge < -0.3 is 10.5 Å². The van der Waals surface area contributed by atoms with E-state index in [2.05, 4.69) is 19.9 Å². The van der Waals surface area contributed by atoms with Gasteiger partial charge in [-0.05, 0) is 18.3 Å². The lowest BCUT2D eigenvalue weighted by Crippen LogP contribution is -2.42. The topological polar surface area (TPSA) is 76.1 Å². The Morgan fingerprint density at radius 3 is 2.48 bits per heavy atom. The Hall–Kier alpha value is -1.76. The van der Waals surface area contributed by atoms with Gasteiger partial charge >= 0.3 is 0 Å². The number of hydrogen-bond donors (Lipinski definition) is 1. The van der Waals surface area contributed by atoms with Crippen molar-refractivity contribution in [3.63, 3.8) is 0 Å². The van der Waals surface area contributed by atoms with Crippen LogP contribution in [-0.2, 0) is 9.53 Å². The minimum absolute atomic E-state index is 0.101. The summed E-state index contributed by atoms with van der Waals surface area (Å²) in [5, 5.41) is 9.56. The maximum Gasteiger partial charge on any atom is 0.205 e. The summed E-state index contributed by atoms with van der Waals surface area (Å²) < 4.78 is 5.72. The van der Waals surface area contributed by atoms with Gasteiger partial charge in [0.1, 0.15) is 17.4 Å². The number of carbonyl (C=O) groups excluding carboxylic acids is 1. The normalized spacial score (nSPS) is 27.2. The summed E-state index contributed by atoms with van der Waals surface area (Å²) in [4.78, 5) is 12.8. The maximum absolute atomic E-state index is 12.8. The third kappa shape index (κ3) is 2.07. The predicted molar refractivity (Wildman–Crippen MR) is 78.5 cm³/mol. The van der Waals surface area contributed by atoms with Gasteiger partial charge in [0.15, 0.2) is 5.78 Å². The zero-order valence-corrected chi connectivity index (χ0v) is 12.8. The Labute approximate surface area is 125 Å². The lowest BCUT2D eigenvalue weighted by Gasteiger charge is -2.45. The van der Waals surface area contributed by atoms with Gasteiger partial charge in [0, 0.05) is 23.8 Å². The number of fused-ring (bicyclic) bond motifs is 1. The van der Waals surface area contributed by atoms with Crippen molar-refractivity contribution in [3.8, 4) is 6.07 Å². The van der Waals surface area contributed by atoms with Crippen LogP contribution in [0.3, 0.4) is 0 Å². The molecule has 4 heteroatoms. The number of carbonyl (C=O) groups is 1.